The average Bonchev–Trinajstić information content (AvgIpc) is 2.74. The van der Waals surface area contributed by atoms with Crippen LogP contribution in [0.5, 0.6) is 11.5 Å². The molecule has 0 unspecified atom stereocenters. The van der Waals surface area contributed by atoms with Crippen molar-refractivity contribution in [3.8, 4) is 11.5 Å². The van der Waals surface area contributed by atoms with Crippen LogP contribution < -0.4 is 10.2 Å². The van der Waals surface area contributed by atoms with Crippen LogP contribution in [-0.2, 0) is 12.4 Å². The first-order valence-corrected chi connectivity index (χ1v) is 8.89. The largest absolute Gasteiger partial charge is 0.450 e. The van der Waals surface area contributed by atoms with Gasteiger partial charge in [0.15, 0.2) is 0 Å². The van der Waals surface area contributed by atoms with E-state index in [0.29, 0.717) is 23.9 Å². The number of rotatable bonds is 6. The van der Waals surface area contributed by atoms with E-state index in [4.69, 9.17) is 4.74 Å². The molecular formula is C20H12F6N4O3. The van der Waals surface area contributed by atoms with Gasteiger partial charge in [-0.15, -0.1) is 0 Å². The molecule has 1 aromatic heterocycles. The molecule has 0 aliphatic rings. The van der Waals surface area contributed by atoms with E-state index < -0.39 is 34.1 Å². The minimum Gasteiger partial charge on any atom is -0.450 e. The zero-order valence-corrected chi connectivity index (χ0v) is 16.2. The van der Waals surface area contributed by atoms with Gasteiger partial charge in [-0.05, 0) is 54.1 Å². The van der Waals surface area contributed by atoms with Crippen LogP contribution in [0.2, 0.25) is 0 Å². The van der Waals surface area contributed by atoms with Crippen LogP contribution in [0.3, 0.4) is 0 Å². The number of pyridine rings is 1. The van der Waals surface area contributed by atoms with E-state index in [2.05, 4.69) is 15.5 Å². The van der Waals surface area contributed by atoms with Crippen LogP contribution in [-0.4, -0.2) is 16.1 Å². The number of hydrazone groups is 1. The van der Waals surface area contributed by atoms with E-state index in [0.717, 1.165) is 18.2 Å². The fraction of sp³-hybridized carbons (Fsp3) is 0.100. The fourth-order valence-electron chi connectivity index (χ4n) is 2.47. The van der Waals surface area contributed by atoms with Gasteiger partial charge in [0.05, 0.1) is 22.3 Å². The monoisotopic (exact) mass is 470 g/mol. The zero-order valence-electron chi connectivity index (χ0n) is 16.2. The molecule has 13 heteroatoms. The third-order valence-electron chi connectivity index (χ3n) is 4.07. The Morgan fingerprint density at radius 3 is 2.12 bits per heavy atom. The Morgan fingerprint density at radius 2 is 1.58 bits per heavy atom. The molecule has 0 saturated heterocycles. The van der Waals surface area contributed by atoms with Crippen molar-refractivity contribution < 1.29 is 36.0 Å². The third kappa shape index (κ3) is 6.18. The number of aromatic nitrogens is 1. The molecule has 0 bridgehead atoms. The maximum atomic E-state index is 12.8. The van der Waals surface area contributed by atoms with Crippen molar-refractivity contribution in [2.45, 2.75) is 12.4 Å². The first-order valence-electron chi connectivity index (χ1n) is 8.89. The van der Waals surface area contributed by atoms with Crippen molar-refractivity contribution in [3.05, 3.63) is 87.6 Å². The highest BCUT2D eigenvalue weighted by atomic mass is 19.4. The number of anilines is 1. The van der Waals surface area contributed by atoms with Crippen LogP contribution in [0.15, 0.2) is 65.9 Å². The summed E-state index contributed by atoms with van der Waals surface area (Å²) >= 11 is 0. The molecular weight excluding hydrogens is 458 g/mol. The van der Waals surface area contributed by atoms with Crippen molar-refractivity contribution >= 4 is 17.7 Å². The Morgan fingerprint density at radius 1 is 0.939 bits per heavy atom. The van der Waals surface area contributed by atoms with Crippen LogP contribution in [0.1, 0.15) is 16.7 Å². The summed E-state index contributed by atoms with van der Waals surface area (Å²) in [6, 6.07) is 9.66. The number of nitrogens with zero attached hydrogens (tertiary/aromatic N) is 3. The first kappa shape index (κ1) is 23.5. The molecule has 0 aliphatic carbocycles. The van der Waals surface area contributed by atoms with Gasteiger partial charge in [0.1, 0.15) is 11.6 Å². The second kappa shape index (κ2) is 9.14. The van der Waals surface area contributed by atoms with E-state index in [1.807, 2.05) is 0 Å². The topological polar surface area (TPSA) is 89.7 Å². The summed E-state index contributed by atoms with van der Waals surface area (Å²) in [5.74, 6) is -0.175. The lowest BCUT2D eigenvalue weighted by atomic mass is 10.2. The number of halogens is 6. The number of benzene rings is 2. The predicted molar refractivity (Wildman–Crippen MR) is 105 cm³/mol. The Balaban J connectivity index is 1.66. The van der Waals surface area contributed by atoms with Crippen LogP contribution in [0.25, 0.3) is 0 Å². The summed E-state index contributed by atoms with van der Waals surface area (Å²) < 4.78 is 81.2. The molecule has 1 heterocycles. The molecule has 0 amide bonds. The molecule has 0 radical (unpaired) electrons. The summed E-state index contributed by atoms with van der Waals surface area (Å²) in [5.41, 5.74) is 0.0504. The van der Waals surface area contributed by atoms with Gasteiger partial charge < -0.3 is 4.74 Å². The van der Waals surface area contributed by atoms with Crippen LogP contribution in [0, 0.1) is 10.1 Å². The second-order valence-electron chi connectivity index (χ2n) is 6.41. The van der Waals surface area contributed by atoms with Crippen molar-refractivity contribution in [1.29, 1.82) is 0 Å². The van der Waals surface area contributed by atoms with E-state index in [9.17, 15) is 36.5 Å². The van der Waals surface area contributed by atoms with E-state index in [1.165, 1.54) is 30.5 Å². The van der Waals surface area contributed by atoms with Crippen molar-refractivity contribution in [2.24, 2.45) is 5.10 Å². The lowest BCUT2D eigenvalue weighted by Crippen LogP contribution is -2.06. The molecule has 0 saturated carbocycles. The number of nitro groups is 1. The van der Waals surface area contributed by atoms with Gasteiger partial charge in [0, 0.05) is 12.3 Å². The molecule has 7 nitrogen and oxygen atoms in total. The molecule has 0 aliphatic heterocycles. The fourth-order valence-corrected chi connectivity index (χ4v) is 2.47. The highest BCUT2D eigenvalue weighted by molar-refractivity contribution is 5.80. The number of alkyl halides is 6. The van der Waals surface area contributed by atoms with Gasteiger partial charge in [-0.1, -0.05) is 0 Å². The molecule has 3 aromatic rings. The Hall–Kier alpha value is -4.16. The number of nitrogens with one attached hydrogen (secondary N) is 1. The number of hydrogen-bond acceptors (Lipinski definition) is 6. The number of nitro benzene ring substituents is 1. The van der Waals surface area contributed by atoms with E-state index in [1.54, 1.807) is 0 Å². The molecule has 33 heavy (non-hydrogen) atoms. The summed E-state index contributed by atoms with van der Waals surface area (Å²) in [7, 11) is 0. The Labute approximate surface area is 181 Å². The maximum absolute atomic E-state index is 12.8. The first-order chi connectivity index (χ1) is 15.4. The standard InChI is InChI=1S/C20H12F6N4O3/c21-19(22,23)13-3-7-17(16(9-13)30(31)32)33-15-5-1-12(2-6-15)10-28-29-18-8-4-14(11-27-18)20(24,25)26/h1-11H,(H,27,29)/b28-10-. The van der Waals surface area contributed by atoms with Crippen molar-refractivity contribution in [2.75, 3.05) is 5.43 Å². The number of hydrogen-bond donors (Lipinski definition) is 1. The lowest BCUT2D eigenvalue weighted by Gasteiger charge is -2.10. The van der Waals surface area contributed by atoms with Crippen molar-refractivity contribution in [3.63, 3.8) is 0 Å². The quantitative estimate of drug-likeness (QED) is 0.199. The minimum absolute atomic E-state index is 0.0776. The van der Waals surface area contributed by atoms with Crippen LogP contribution >= 0.6 is 0 Å². The second-order valence-corrected chi connectivity index (χ2v) is 6.41. The predicted octanol–water partition coefficient (Wildman–Crippen LogP) is 6.27. The summed E-state index contributed by atoms with van der Waals surface area (Å²) in [5, 5.41) is 15.0. The molecule has 3 rings (SSSR count). The maximum Gasteiger partial charge on any atom is 0.417 e. The third-order valence-corrected chi connectivity index (χ3v) is 4.07. The molecule has 1 N–H and O–H groups in total. The minimum atomic E-state index is -4.74. The zero-order chi connectivity index (χ0) is 24.2. The highest BCUT2D eigenvalue weighted by Gasteiger charge is 2.33. The van der Waals surface area contributed by atoms with Gasteiger partial charge in [0.25, 0.3) is 0 Å². The van der Waals surface area contributed by atoms with E-state index in [-0.39, 0.29) is 17.3 Å². The van der Waals surface area contributed by atoms with Gasteiger partial charge >= 0.3 is 18.0 Å². The lowest BCUT2D eigenvalue weighted by molar-refractivity contribution is -0.385. The molecule has 0 spiro atoms. The molecule has 0 atom stereocenters. The van der Waals surface area contributed by atoms with Gasteiger partial charge in [-0.25, -0.2) is 4.98 Å². The summed E-state index contributed by atoms with van der Waals surface area (Å²) in [4.78, 5) is 13.7. The molecule has 172 valence electrons. The molecule has 0 fully saturated rings. The average molecular weight is 470 g/mol. The van der Waals surface area contributed by atoms with Crippen molar-refractivity contribution in [1.82, 2.24) is 4.98 Å². The summed E-state index contributed by atoms with van der Waals surface area (Å²) in [6.45, 7) is 0. The smallest absolute Gasteiger partial charge is 0.417 e. The molecule has 2 aromatic carbocycles. The normalized spacial score (nSPS) is 12.1. The number of ether oxygens (including phenoxy) is 1. The summed E-state index contributed by atoms with van der Waals surface area (Å²) in [6.07, 6.45) is -7.26. The highest BCUT2D eigenvalue weighted by Crippen LogP contribution is 2.37. The van der Waals surface area contributed by atoms with Gasteiger partial charge in [-0.2, -0.15) is 31.4 Å². The van der Waals surface area contributed by atoms with E-state index >= 15 is 0 Å². The Bertz CT molecular complexity index is 1160. The van der Waals surface area contributed by atoms with Crippen LogP contribution in [0.4, 0.5) is 37.8 Å². The Kier molecular flexibility index (Phi) is 6.51. The van der Waals surface area contributed by atoms with Gasteiger partial charge in [-0.3, -0.25) is 15.5 Å². The van der Waals surface area contributed by atoms with Gasteiger partial charge in [0.2, 0.25) is 5.75 Å². The SMILES string of the molecule is O=[N+]([O-])c1cc(C(F)(F)F)ccc1Oc1ccc(/C=N\Nc2ccc(C(F)(F)F)cn2)cc1.